The number of hydrogen-bond acceptors (Lipinski definition) is 3. The second-order valence-electron chi connectivity index (χ2n) is 8.90. The number of rotatable bonds is 1. The maximum absolute atomic E-state index is 5.65. The molecule has 0 radical (unpaired) electrons. The minimum Gasteiger partial charge on any atom is -0.464 e. The Bertz CT molecular complexity index is 1580. The summed E-state index contributed by atoms with van der Waals surface area (Å²) >= 11 is 1.82. The molecule has 0 aliphatic rings. The summed E-state index contributed by atoms with van der Waals surface area (Å²) in [7, 11) is 0. The lowest BCUT2D eigenvalue weighted by atomic mass is 9.82. The Morgan fingerprint density at radius 1 is 0.867 bits per heavy atom. The topological polar surface area (TPSA) is 26.0 Å². The number of fused-ring (bicyclic) bond motifs is 6. The number of benzene rings is 3. The average molecular weight is 408 g/mol. The standard InChI is InChI=1S/C27H21NOS/c1-27(2,3)21-15-17(14-16-6-4-5-7-18(16)21)25-26-20(10-12-28-25)24-19-11-13-29-22(19)8-9-23(24)30-26/h4-15H,1-3H3. The van der Waals surface area contributed by atoms with Gasteiger partial charge in [0, 0.05) is 32.6 Å². The van der Waals surface area contributed by atoms with Gasteiger partial charge in [-0.2, -0.15) is 0 Å². The molecule has 0 unspecified atom stereocenters. The Morgan fingerprint density at radius 2 is 1.73 bits per heavy atom. The van der Waals surface area contributed by atoms with Gasteiger partial charge in [0.05, 0.1) is 16.7 Å². The molecular weight excluding hydrogens is 386 g/mol. The highest BCUT2D eigenvalue weighted by Crippen LogP contribution is 2.43. The van der Waals surface area contributed by atoms with Gasteiger partial charge in [0.1, 0.15) is 5.58 Å². The SMILES string of the molecule is CC(C)(C)c1cc(-c2nccc3c2sc2ccc4occc4c23)cc2ccccc12. The third-order valence-corrected chi connectivity index (χ3v) is 7.10. The van der Waals surface area contributed by atoms with E-state index in [0.717, 1.165) is 11.3 Å². The Kier molecular flexibility index (Phi) is 3.63. The highest BCUT2D eigenvalue weighted by molar-refractivity contribution is 7.26. The van der Waals surface area contributed by atoms with Crippen molar-refractivity contribution in [2.24, 2.45) is 0 Å². The van der Waals surface area contributed by atoms with Crippen molar-refractivity contribution in [1.82, 2.24) is 4.98 Å². The summed E-state index contributed by atoms with van der Waals surface area (Å²) in [4.78, 5) is 4.86. The Labute approximate surface area is 178 Å². The van der Waals surface area contributed by atoms with Gasteiger partial charge in [-0.25, -0.2) is 0 Å². The molecule has 0 saturated carbocycles. The minimum atomic E-state index is 0.0482. The van der Waals surface area contributed by atoms with Gasteiger partial charge in [-0.15, -0.1) is 11.3 Å². The molecule has 0 spiro atoms. The van der Waals surface area contributed by atoms with Gasteiger partial charge in [-0.05, 0) is 58.1 Å². The van der Waals surface area contributed by atoms with Crippen molar-refractivity contribution in [2.45, 2.75) is 26.2 Å². The quantitative estimate of drug-likeness (QED) is 0.274. The molecule has 6 rings (SSSR count). The maximum atomic E-state index is 5.65. The van der Waals surface area contributed by atoms with Gasteiger partial charge < -0.3 is 4.42 Å². The lowest BCUT2D eigenvalue weighted by Crippen LogP contribution is -2.12. The Balaban J connectivity index is 1.71. The fourth-order valence-corrected chi connectivity index (χ4v) is 5.74. The fraction of sp³-hybridized carbons (Fsp3) is 0.148. The van der Waals surface area contributed by atoms with Gasteiger partial charge in [-0.3, -0.25) is 4.98 Å². The van der Waals surface area contributed by atoms with E-state index >= 15 is 0 Å². The highest BCUT2D eigenvalue weighted by atomic mass is 32.1. The van der Waals surface area contributed by atoms with E-state index in [0.29, 0.717) is 0 Å². The van der Waals surface area contributed by atoms with Crippen LogP contribution in [0.5, 0.6) is 0 Å². The zero-order chi connectivity index (χ0) is 20.5. The van der Waals surface area contributed by atoms with Crippen molar-refractivity contribution in [2.75, 3.05) is 0 Å². The predicted octanol–water partition coefficient (Wildman–Crippen LogP) is 8.31. The Hall–Kier alpha value is -3.17. The van der Waals surface area contributed by atoms with Crippen molar-refractivity contribution in [3.63, 3.8) is 0 Å². The average Bonchev–Trinajstić information content (AvgIpc) is 3.35. The van der Waals surface area contributed by atoms with Crippen molar-refractivity contribution in [3.05, 3.63) is 78.7 Å². The van der Waals surface area contributed by atoms with E-state index in [1.54, 1.807) is 6.26 Å². The molecule has 3 aromatic carbocycles. The lowest BCUT2D eigenvalue weighted by molar-refractivity contribution is 0.596. The molecule has 2 nitrogen and oxygen atoms in total. The van der Waals surface area contributed by atoms with Crippen LogP contribution in [0.25, 0.3) is 53.2 Å². The first-order valence-electron chi connectivity index (χ1n) is 10.2. The van der Waals surface area contributed by atoms with Gasteiger partial charge in [0.2, 0.25) is 0 Å². The molecule has 0 bridgehead atoms. The number of thiophene rings is 1. The van der Waals surface area contributed by atoms with Gasteiger partial charge in [-0.1, -0.05) is 45.0 Å². The first-order valence-corrected chi connectivity index (χ1v) is 11.0. The normalized spacial score (nSPS) is 12.5. The summed E-state index contributed by atoms with van der Waals surface area (Å²) in [5.41, 5.74) is 4.57. The molecule has 6 aromatic rings. The number of hydrogen-bond donors (Lipinski definition) is 0. The second kappa shape index (κ2) is 6.16. The third kappa shape index (κ3) is 2.52. The Morgan fingerprint density at radius 3 is 2.60 bits per heavy atom. The molecule has 0 aliphatic carbocycles. The summed E-state index contributed by atoms with van der Waals surface area (Å²) < 4.78 is 8.15. The second-order valence-corrected chi connectivity index (χ2v) is 9.96. The van der Waals surface area contributed by atoms with Crippen LogP contribution < -0.4 is 0 Å². The van der Waals surface area contributed by atoms with E-state index in [-0.39, 0.29) is 5.41 Å². The molecule has 30 heavy (non-hydrogen) atoms. The summed E-state index contributed by atoms with van der Waals surface area (Å²) in [6.07, 6.45) is 3.71. The third-order valence-electron chi connectivity index (χ3n) is 5.93. The lowest BCUT2D eigenvalue weighted by Gasteiger charge is -2.22. The summed E-state index contributed by atoms with van der Waals surface area (Å²) in [6.45, 7) is 6.84. The van der Waals surface area contributed by atoms with Crippen LogP contribution in [0.2, 0.25) is 0 Å². The van der Waals surface area contributed by atoms with Crippen molar-refractivity contribution in [3.8, 4) is 11.3 Å². The van der Waals surface area contributed by atoms with Crippen LogP contribution in [-0.2, 0) is 5.41 Å². The van der Waals surface area contributed by atoms with Crippen LogP contribution in [0.4, 0.5) is 0 Å². The summed E-state index contributed by atoms with van der Waals surface area (Å²) in [5.74, 6) is 0. The van der Waals surface area contributed by atoms with E-state index in [9.17, 15) is 0 Å². The number of furan rings is 1. The fourth-order valence-electron chi connectivity index (χ4n) is 4.52. The van der Waals surface area contributed by atoms with Crippen molar-refractivity contribution >= 4 is 53.3 Å². The molecule has 0 N–H and O–H groups in total. The molecule has 3 aromatic heterocycles. The van der Waals surface area contributed by atoms with Gasteiger partial charge in [0.25, 0.3) is 0 Å². The monoisotopic (exact) mass is 407 g/mol. The molecule has 0 amide bonds. The van der Waals surface area contributed by atoms with E-state index in [1.807, 2.05) is 17.5 Å². The molecule has 3 heteroatoms. The van der Waals surface area contributed by atoms with Crippen LogP contribution in [0.15, 0.2) is 77.5 Å². The van der Waals surface area contributed by atoms with E-state index in [1.165, 1.54) is 47.5 Å². The first-order chi connectivity index (χ1) is 14.5. The van der Waals surface area contributed by atoms with Crippen LogP contribution >= 0.6 is 11.3 Å². The molecule has 0 atom stereocenters. The van der Waals surface area contributed by atoms with E-state index < -0.39 is 0 Å². The van der Waals surface area contributed by atoms with Crippen LogP contribution in [0.3, 0.4) is 0 Å². The largest absolute Gasteiger partial charge is 0.464 e. The van der Waals surface area contributed by atoms with Crippen molar-refractivity contribution in [1.29, 1.82) is 0 Å². The number of aromatic nitrogens is 1. The van der Waals surface area contributed by atoms with E-state index in [2.05, 4.69) is 81.4 Å². The molecular formula is C27H21NOS. The molecule has 146 valence electrons. The molecule has 3 heterocycles. The minimum absolute atomic E-state index is 0.0482. The van der Waals surface area contributed by atoms with Crippen LogP contribution in [0, 0.1) is 0 Å². The van der Waals surface area contributed by atoms with Crippen LogP contribution in [0.1, 0.15) is 26.3 Å². The predicted molar refractivity (Wildman–Crippen MR) is 129 cm³/mol. The van der Waals surface area contributed by atoms with E-state index in [4.69, 9.17) is 9.40 Å². The van der Waals surface area contributed by atoms with Crippen LogP contribution in [-0.4, -0.2) is 4.98 Å². The summed E-state index contributed by atoms with van der Waals surface area (Å²) in [6, 6.07) is 21.7. The molecule has 0 fully saturated rings. The van der Waals surface area contributed by atoms with Gasteiger partial charge >= 0.3 is 0 Å². The highest BCUT2D eigenvalue weighted by Gasteiger charge is 2.20. The smallest absolute Gasteiger partial charge is 0.134 e. The summed E-state index contributed by atoms with van der Waals surface area (Å²) in [5, 5.41) is 6.26. The molecule has 0 saturated heterocycles. The zero-order valence-electron chi connectivity index (χ0n) is 17.2. The van der Waals surface area contributed by atoms with Crippen molar-refractivity contribution < 1.29 is 4.42 Å². The molecule has 0 aliphatic heterocycles. The first kappa shape index (κ1) is 17.7. The number of pyridine rings is 1. The van der Waals surface area contributed by atoms with Gasteiger partial charge in [0.15, 0.2) is 0 Å². The maximum Gasteiger partial charge on any atom is 0.134 e. The number of nitrogens with zero attached hydrogens (tertiary/aromatic N) is 1. The zero-order valence-corrected chi connectivity index (χ0v) is 18.0.